The van der Waals surface area contributed by atoms with Crippen molar-refractivity contribution in [2.75, 3.05) is 6.61 Å². The fourth-order valence-electron chi connectivity index (χ4n) is 3.49. The van der Waals surface area contributed by atoms with Crippen LogP contribution in [0.15, 0.2) is 78.9 Å². The third-order valence-corrected chi connectivity index (χ3v) is 5.06. The van der Waals surface area contributed by atoms with Gasteiger partial charge in [0.2, 0.25) is 0 Å². The number of nitrogens with zero attached hydrogens (tertiary/aromatic N) is 2. The molecule has 3 heteroatoms. The van der Waals surface area contributed by atoms with Crippen LogP contribution in [0, 0.1) is 0 Å². The standard InChI is InChI=1S/C25H26N2O/c1-2-20-14-16-22(17-15-20)28-19-9-8-18-27-24-13-7-6-12-23(24)26-25(27)21-10-4-3-5-11-21/h3-7,10-17H,2,8-9,18-19H2,1H3. The molecule has 0 radical (unpaired) electrons. The number of rotatable bonds is 8. The largest absolute Gasteiger partial charge is 0.494 e. The molecule has 0 aliphatic heterocycles. The highest BCUT2D eigenvalue weighted by Gasteiger charge is 2.11. The van der Waals surface area contributed by atoms with Gasteiger partial charge in [-0.05, 0) is 49.1 Å². The molecule has 0 N–H and O–H groups in total. The average Bonchev–Trinajstić information content (AvgIpc) is 3.13. The van der Waals surface area contributed by atoms with E-state index in [2.05, 4.69) is 78.2 Å². The minimum atomic E-state index is 0.735. The van der Waals surface area contributed by atoms with Crippen LogP contribution >= 0.6 is 0 Å². The molecular weight excluding hydrogens is 344 g/mol. The number of hydrogen-bond acceptors (Lipinski definition) is 2. The number of ether oxygens (including phenoxy) is 1. The van der Waals surface area contributed by atoms with Crippen molar-refractivity contribution in [3.8, 4) is 17.1 Å². The fraction of sp³-hybridized carbons (Fsp3) is 0.240. The Morgan fingerprint density at radius 2 is 1.57 bits per heavy atom. The SMILES string of the molecule is CCc1ccc(OCCCCn2c(-c3ccccc3)nc3ccccc32)cc1. The lowest BCUT2D eigenvalue weighted by Gasteiger charge is -2.10. The van der Waals surface area contributed by atoms with E-state index in [4.69, 9.17) is 9.72 Å². The quantitative estimate of drug-likeness (QED) is 0.349. The lowest BCUT2D eigenvalue weighted by molar-refractivity contribution is 0.303. The lowest BCUT2D eigenvalue weighted by atomic mass is 10.2. The van der Waals surface area contributed by atoms with Gasteiger partial charge in [-0.2, -0.15) is 0 Å². The van der Waals surface area contributed by atoms with E-state index in [0.29, 0.717) is 0 Å². The summed E-state index contributed by atoms with van der Waals surface area (Å²) in [5.41, 5.74) is 4.74. The maximum atomic E-state index is 5.90. The molecule has 0 amide bonds. The van der Waals surface area contributed by atoms with Gasteiger partial charge in [-0.15, -0.1) is 0 Å². The Morgan fingerprint density at radius 1 is 0.821 bits per heavy atom. The number of unbranched alkanes of at least 4 members (excludes halogenated alkanes) is 1. The van der Waals surface area contributed by atoms with Gasteiger partial charge in [0.05, 0.1) is 17.6 Å². The van der Waals surface area contributed by atoms with Crippen molar-refractivity contribution >= 4 is 11.0 Å². The van der Waals surface area contributed by atoms with E-state index in [-0.39, 0.29) is 0 Å². The highest BCUT2D eigenvalue weighted by molar-refractivity contribution is 5.80. The maximum Gasteiger partial charge on any atom is 0.141 e. The Balaban J connectivity index is 1.41. The first-order valence-corrected chi connectivity index (χ1v) is 10.1. The van der Waals surface area contributed by atoms with Gasteiger partial charge < -0.3 is 9.30 Å². The number of aromatic nitrogens is 2. The second kappa shape index (κ2) is 8.75. The summed E-state index contributed by atoms with van der Waals surface area (Å²) >= 11 is 0. The Bertz CT molecular complexity index is 1020. The average molecular weight is 370 g/mol. The number of benzene rings is 3. The predicted octanol–water partition coefficient (Wildman–Crippen LogP) is 6.12. The minimum Gasteiger partial charge on any atom is -0.494 e. The first-order chi connectivity index (χ1) is 13.8. The molecule has 142 valence electrons. The normalized spacial score (nSPS) is 11.0. The molecule has 3 aromatic carbocycles. The molecule has 0 bridgehead atoms. The summed E-state index contributed by atoms with van der Waals surface area (Å²) in [6.45, 7) is 3.83. The molecular formula is C25H26N2O. The molecule has 0 aliphatic rings. The van der Waals surface area contributed by atoms with E-state index in [1.807, 2.05) is 12.1 Å². The highest BCUT2D eigenvalue weighted by Crippen LogP contribution is 2.25. The van der Waals surface area contributed by atoms with Crippen LogP contribution in [-0.4, -0.2) is 16.2 Å². The van der Waals surface area contributed by atoms with Crippen molar-refractivity contribution in [3.05, 3.63) is 84.4 Å². The zero-order valence-electron chi connectivity index (χ0n) is 16.3. The molecule has 1 aromatic heterocycles. The van der Waals surface area contributed by atoms with Crippen LogP contribution in [0.4, 0.5) is 0 Å². The van der Waals surface area contributed by atoms with Crippen molar-refractivity contribution < 1.29 is 4.74 Å². The van der Waals surface area contributed by atoms with Crippen molar-refractivity contribution in [1.82, 2.24) is 9.55 Å². The summed E-state index contributed by atoms with van der Waals surface area (Å²) in [4.78, 5) is 4.88. The van der Waals surface area contributed by atoms with E-state index in [9.17, 15) is 0 Å². The minimum absolute atomic E-state index is 0.735. The maximum absolute atomic E-state index is 5.90. The van der Waals surface area contributed by atoms with Gasteiger partial charge in [-0.1, -0.05) is 61.5 Å². The summed E-state index contributed by atoms with van der Waals surface area (Å²) < 4.78 is 8.24. The topological polar surface area (TPSA) is 27.1 Å². The van der Waals surface area contributed by atoms with Crippen LogP contribution in [-0.2, 0) is 13.0 Å². The van der Waals surface area contributed by atoms with Gasteiger partial charge >= 0.3 is 0 Å². The van der Waals surface area contributed by atoms with Crippen LogP contribution in [0.2, 0.25) is 0 Å². The highest BCUT2D eigenvalue weighted by atomic mass is 16.5. The fourth-order valence-corrected chi connectivity index (χ4v) is 3.49. The first-order valence-electron chi connectivity index (χ1n) is 10.1. The summed E-state index contributed by atoms with van der Waals surface area (Å²) in [5, 5.41) is 0. The number of imidazole rings is 1. The molecule has 0 saturated heterocycles. The molecule has 0 aliphatic carbocycles. The van der Waals surface area contributed by atoms with Crippen LogP contribution in [0.3, 0.4) is 0 Å². The van der Waals surface area contributed by atoms with Gasteiger partial charge in [-0.25, -0.2) is 4.98 Å². The van der Waals surface area contributed by atoms with Crippen molar-refractivity contribution in [2.24, 2.45) is 0 Å². The smallest absolute Gasteiger partial charge is 0.141 e. The summed E-state index contributed by atoms with van der Waals surface area (Å²) in [7, 11) is 0. The van der Waals surface area contributed by atoms with Crippen molar-refractivity contribution in [2.45, 2.75) is 32.7 Å². The van der Waals surface area contributed by atoms with Crippen LogP contribution in [0.25, 0.3) is 22.4 Å². The number of para-hydroxylation sites is 2. The molecule has 1 heterocycles. The number of fused-ring (bicyclic) bond motifs is 1. The molecule has 0 saturated carbocycles. The van der Waals surface area contributed by atoms with Gasteiger partial charge in [0, 0.05) is 12.1 Å². The molecule has 4 rings (SSSR count). The Hall–Kier alpha value is -3.07. The predicted molar refractivity (Wildman–Crippen MR) is 116 cm³/mol. The number of aryl methyl sites for hydroxylation is 2. The first kappa shape index (κ1) is 18.3. The molecule has 4 aromatic rings. The van der Waals surface area contributed by atoms with Gasteiger partial charge in [0.1, 0.15) is 11.6 Å². The van der Waals surface area contributed by atoms with E-state index in [1.165, 1.54) is 11.1 Å². The van der Waals surface area contributed by atoms with Crippen molar-refractivity contribution in [1.29, 1.82) is 0 Å². The third-order valence-electron chi connectivity index (χ3n) is 5.06. The van der Waals surface area contributed by atoms with Crippen LogP contribution in [0.1, 0.15) is 25.3 Å². The monoisotopic (exact) mass is 370 g/mol. The van der Waals surface area contributed by atoms with E-state index < -0.39 is 0 Å². The molecule has 0 fully saturated rings. The zero-order valence-corrected chi connectivity index (χ0v) is 16.3. The van der Waals surface area contributed by atoms with Crippen LogP contribution in [0.5, 0.6) is 5.75 Å². The van der Waals surface area contributed by atoms with Gasteiger partial charge in [-0.3, -0.25) is 0 Å². The van der Waals surface area contributed by atoms with Gasteiger partial charge in [0.25, 0.3) is 0 Å². The van der Waals surface area contributed by atoms with Gasteiger partial charge in [0.15, 0.2) is 0 Å². The second-order valence-corrected chi connectivity index (χ2v) is 6.99. The van der Waals surface area contributed by atoms with Crippen molar-refractivity contribution in [3.63, 3.8) is 0 Å². The summed E-state index contributed by atoms with van der Waals surface area (Å²) in [6.07, 6.45) is 3.12. The van der Waals surface area contributed by atoms with Crippen LogP contribution < -0.4 is 4.74 Å². The number of hydrogen-bond donors (Lipinski definition) is 0. The third kappa shape index (κ3) is 4.09. The molecule has 0 spiro atoms. The second-order valence-electron chi connectivity index (χ2n) is 6.99. The van der Waals surface area contributed by atoms with E-state index in [1.54, 1.807) is 0 Å². The van der Waals surface area contributed by atoms with E-state index in [0.717, 1.165) is 55.1 Å². The Kier molecular flexibility index (Phi) is 5.72. The molecule has 0 unspecified atom stereocenters. The molecule has 28 heavy (non-hydrogen) atoms. The Morgan fingerprint density at radius 3 is 2.36 bits per heavy atom. The Labute approximate surface area is 166 Å². The lowest BCUT2D eigenvalue weighted by Crippen LogP contribution is -2.04. The summed E-state index contributed by atoms with van der Waals surface area (Å²) in [5.74, 6) is 1.99. The molecule has 0 atom stereocenters. The zero-order chi connectivity index (χ0) is 19.2. The molecule has 3 nitrogen and oxygen atoms in total. The van der Waals surface area contributed by atoms with E-state index >= 15 is 0 Å². The summed E-state index contributed by atoms with van der Waals surface area (Å²) in [6, 6.07) is 27.2.